The maximum atomic E-state index is 13.2. The minimum Gasteiger partial charge on any atom is -0.384 e. The molecule has 2 heterocycles. The Morgan fingerprint density at radius 3 is 2.70 bits per heavy atom. The number of nitrogens with two attached hydrogens (primary N) is 1. The number of rotatable bonds is 6. The molecule has 1 aliphatic heterocycles. The summed E-state index contributed by atoms with van der Waals surface area (Å²) in [6.45, 7) is 0. The summed E-state index contributed by atoms with van der Waals surface area (Å²) in [5, 5.41) is 30.2. The molecular weight excluding hydrogens is 565 g/mol. The van der Waals surface area contributed by atoms with Gasteiger partial charge in [0.2, 0.25) is 5.13 Å². The monoisotopic (exact) mass is 584 g/mol. The van der Waals surface area contributed by atoms with Gasteiger partial charge in [-0.3, -0.25) is 19.8 Å². The number of halogens is 3. The van der Waals surface area contributed by atoms with Gasteiger partial charge in [0.05, 0.1) is 28.0 Å². The fourth-order valence-electron chi connectivity index (χ4n) is 4.79. The van der Waals surface area contributed by atoms with Gasteiger partial charge in [-0.25, -0.2) is 0 Å². The minimum atomic E-state index is -4.45. The van der Waals surface area contributed by atoms with Crippen LogP contribution in [-0.2, 0) is 16.7 Å². The van der Waals surface area contributed by atoms with Crippen LogP contribution in [0.2, 0.25) is 0 Å². The molecule has 1 atom stereocenters. The SMILES string of the molecule is N#CC1=C(N)N(c2nnc(SCc3cccc(C(F)(F)F)c3)s2)C2=C(C(=O)CCC2)[C@@H]1c1cccc([N+](=O)[O-])c1. The number of hydrogen-bond acceptors (Lipinski definition) is 10. The van der Waals surface area contributed by atoms with Crippen molar-refractivity contribution in [3.63, 3.8) is 0 Å². The number of nitriles is 1. The predicted octanol–water partition coefficient (Wildman–Crippen LogP) is 6.06. The van der Waals surface area contributed by atoms with Crippen molar-refractivity contribution in [2.45, 2.75) is 41.4 Å². The number of carbonyl (C=O) groups is 1. The number of nitro benzene ring substituents is 1. The third-order valence-corrected chi connectivity index (χ3v) is 8.64. The number of thioether (sulfide) groups is 1. The van der Waals surface area contributed by atoms with Gasteiger partial charge < -0.3 is 5.73 Å². The summed E-state index contributed by atoms with van der Waals surface area (Å²) in [7, 11) is 0. The number of benzene rings is 2. The molecule has 40 heavy (non-hydrogen) atoms. The second-order valence-electron chi connectivity index (χ2n) is 9.01. The summed E-state index contributed by atoms with van der Waals surface area (Å²) in [4.78, 5) is 25.6. The highest BCUT2D eigenvalue weighted by Gasteiger charge is 2.41. The van der Waals surface area contributed by atoms with Gasteiger partial charge in [0.15, 0.2) is 10.1 Å². The van der Waals surface area contributed by atoms with E-state index in [0.29, 0.717) is 44.7 Å². The number of nitrogens with zero attached hydrogens (tertiary/aromatic N) is 5. The highest BCUT2D eigenvalue weighted by Crippen LogP contribution is 2.47. The number of non-ortho nitro benzene ring substituents is 1. The Labute approximate surface area is 234 Å². The molecule has 14 heteroatoms. The molecule has 2 aliphatic rings. The molecule has 0 bridgehead atoms. The predicted molar refractivity (Wildman–Crippen MR) is 142 cm³/mol. The van der Waals surface area contributed by atoms with E-state index in [-0.39, 0.29) is 35.0 Å². The summed E-state index contributed by atoms with van der Waals surface area (Å²) in [6.07, 6.45) is -3.19. The van der Waals surface area contributed by atoms with Crippen LogP contribution < -0.4 is 10.6 Å². The van der Waals surface area contributed by atoms with Crippen molar-refractivity contribution in [2.24, 2.45) is 5.73 Å². The van der Waals surface area contributed by atoms with Gasteiger partial charge in [-0.15, -0.1) is 10.2 Å². The van der Waals surface area contributed by atoms with Crippen LogP contribution in [0, 0.1) is 21.4 Å². The standard InChI is InChI=1S/C26H19F3N6O3S2/c27-26(28,29)16-6-1-4-14(10-16)13-39-25-33-32-24(40-25)34-19-8-3-9-20(36)22(19)21(18(12-30)23(34)31)15-5-2-7-17(11-15)35(37)38/h1-2,4-7,10-11,21H,3,8-9,13,31H2/t21-/m1/s1. The first-order valence-corrected chi connectivity index (χ1v) is 13.7. The van der Waals surface area contributed by atoms with Gasteiger partial charge in [0.25, 0.3) is 5.69 Å². The smallest absolute Gasteiger partial charge is 0.384 e. The molecule has 9 nitrogen and oxygen atoms in total. The summed E-state index contributed by atoms with van der Waals surface area (Å²) in [5.41, 5.74) is 7.41. The van der Waals surface area contributed by atoms with Gasteiger partial charge in [-0.05, 0) is 30.0 Å². The van der Waals surface area contributed by atoms with Gasteiger partial charge in [0, 0.05) is 35.6 Å². The van der Waals surface area contributed by atoms with Crippen LogP contribution in [0.25, 0.3) is 0 Å². The Bertz CT molecular complexity index is 1630. The van der Waals surface area contributed by atoms with Crippen LogP contribution in [0.1, 0.15) is 41.9 Å². The zero-order chi connectivity index (χ0) is 28.6. The molecule has 1 aromatic heterocycles. The lowest BCUT2D eigenvalue weighted by atomic mass is 9.75. The van der Waals surface area contributed by atoms with Gasteiger partial charge in [0.1, 0.15) is 5.82 Å². The molecule has 5 rings (SSSR count). The van der Waals surface area contributed by atoms with E-state index in [1.807, 2.05) is 0 Å². The number of carbonyl (C=O) groups excluding carboxylic acids is 1. The molecule has 204 valence electrons. The number of allylic oxidation sites excluding steroid dienone is 3. The van der Waals surface area contributed by atoms with Crippen molar-refractivity contribution in [1.29, 1.82) is 5.26 Å². The van der Waals surface area contributed by atoms with E-state index in [1.165, 1.54) is 40.9 Å². The van der Waals surface area contributed by atoms with E-state index >= 15 is 0 Å². The average Bonchev–Trinajstić information content (AvgIpc) is 3.39. The Balaban J connectivity index is 1.49. The third kappa shape index (κ3) is 5.17. The molecule has 2 N–H and O–H groups in total. The van der Waals surface area contributed by atoms with Crippen molar-refractivity contribution in [1.82, 2.24) is 10.2 Å². The van der Waals surface area contributed by atoms with Crippen molar-refractivity contribution < 1.29 is 22.9 Å². The summed E-state index contributed by atoms with van der Waals surface area (Å²) >= 11 is 2.33. The average molecular weight is 585 g/mol. The van der Waals surface area contributed by atoms with Gasteiger partial charge >= 0.3 is 6.18 Å². The van der Waals surface area contributed by atoms with Crippen LogP contribution in [0.3, 0.4) is 0 Å². The fraction of sp³-hybridized carbons (Fsp3) is 0.231. The first-order valence-electron chi connectivity index (χ1n) is 11.9. The number of aromatic nitrogens is 2. The molecule has 0 saturated carbocycles. The molecule has 0 radical (unpaired) electrons. The Hall–Kier alpha value is -4.22. The van der Waals surface area contributed by atoms with Crippen molar-refractivity contribution in [2.75, 3.05) is 4.90 Å². The van der Waals surface area contributed by atoms with Crippen LogP contribution >= 0.6 is 23.1 Å². The van der Waals surface area contributed by atoms with E-state index in [9.17, 15) is 33.3 Å². The number of alkyl halides is 3. The molecule has 0 fully saturated rings. The maximum Gasteiger partial charge on any atom is 0.416 e. The van der Waals surface area contributed by atoms with Crippen molar-refractivity contribution >= 4 is 39.7 Å². The number of ketones is 1. The summed E-state index contributed by atoms with van der Waals surface area (Å²) in [5.74, 6) is -0.800. The van der Waals surface area contributed by atoms with E-state index in [1.54, 1.807) is 12.1 Å². The molecule has 0 unspecified atom stereocenters. The number of anilines is 1. The Kier molecular flexibility index (Phi) is 7.35. The maximum absolute atomic E-state index is 13.2. The molecule has 3 aromatic rings. The quantitative estimate of drug-likeness (QED) is 0.208. The normalized spacial score (nSPS) is 17.6. The lowest BCUT2D eigenvalue weighted by Crippen LogP contribution is -2.38. The van der Waals surface area contributed by atoms with E-state index in [2.05, 4.69) is 16.3 Å². The second kappa shape index (κ2) is 10.7. The van der Waals surface area contributed by atoms with Crippen LogP contribution in [0.4, 0.5) is 24.0 Å². The minimum absolute atomic E-state index is 0.0398. The second-order valence-corrected chi connectivity index (χ2v) is 11.2. The molecule has 0 saturated heterocycles. The first-order chi connectivity index (χ1) is 19.1. The zero-order valence-corrected chi connectivity index (χ0v) is 22.1. The molecular formula is C26H19F3N6O3S2. The molecule has 0 spiro atoms. The fourth-order valence-corrected chi connectivity index (χ4v) is 6.61. The Morgan fingerprint density at radius 1 is 1.20 bits per heavy atom. The first kappa shape index (κ1) is 27.4. The highest BCUT2D eigenvalue weighted by molar-refractivity contribution is 8.00. The largest absolute Gasteiger partial charge is 0.416 e. The molecule has 2 aromatic carbocycles. The van der Waals surface area contributed by atoms with Crippen LogP contribution in [0.5, 0.6) is 0 Å². The topological polar surface area (TPSA) is 139 Å². The van der Waals surface area contributed by atoms with Crippen LogP contribution in [0.15, 0.2) is 75.5 Å². The van der Waals surface area contributed by atoms with Gasteiger partial charge in [-0.2, -0.15) is 18.4 Å². The molecule has 0 amide bonds. The van der Waals surface area contributed by atoms with Crippen LogP contribution in [-0.4, -0.2) is 20.9 Å². The molecule has 1 aliphatic carbocycles. The zero-order valence-electron chi connectivity index (χ0n) is 20.5. The lowest BCUT2D eigenvalue weighted by molar-refractivity contribution is -0.384. The lowest BCUT2D eigenvalue weighted by Gasteiger charge is -2.38. The van der Waals surface area contributed by atoms with Crippen molar-refractivity contribution in [3.8, 4) is 6.07 Å². The Morgan fingerprint density at radius 2 is 1.98 bits per heavy atom. The highest BCUT2D eigenvalue weighted by atomic mass is 32.2. The summed E-state index contributed by atoms with van der Waals surface area (Å²) in [6, 6.07) is 12.9. The number of Topliss-reactive ketones (excluding diaryl/α,β-unsaturated/α-hetero) is 1. The van der Waals surface area contributed by atoms with Crippen molar-refractivity contribution in [3.05, 3.63) is 98.0 Å². The van der Waals surface area contributed by atoms with E-state index in [0.717, 1.165) is 23.5 Å². The van der Waals surface area contributed by atoms with E-state index in [4.69, 9.17) is 5.73 Å². The van der Waals surface area contributed by atoms with E-state index < -0.39 is 22.6 Å². The number of hydrogen-bond donors (Lipinski definition) is 1. The summed E-state index contributed by atoms with van der Waals surface area (Å²) < 4.78 is 39.6. The van der Waals surface area contributed by atoms with Gasteiger partial charge in [-0.1, -0.05) is 53.4 Å². The number of nitro groups is 1. The third-order valence-electron chi connectivity index (χ3n) is 6.53.